The van der Waals surface area contributed by atoms with Crippen LogP contribution in [0.15, 0.2) is 18.2 Å². The molecule has 1 aromatic heterocycles. The number of nitrogens with zero attached hydrogens (tertiary/aromatic N) is 1. The SMILES string of the molecule is C#CCN(C)Cc1c(CNC2CC2)sc2cccc(F)c12. The summed E-state index contributed by atoms with van der Waals surface area (Å²) in [6.45, 7) is 2.08. The van der Waals surface area contributed by atoms with Gasteiger partial charge in [0.1, 0.15) is 5.82 Å². The topological polar surface area (TPSA) is 15.3 Å². The van der Waals surface area contributed by atoms with Gasteiger partial charge in [-0.05, 0) is 37.6 Å². The van der Waals surface area contributed by atoms with Crippen molar-refractivity contribution in [3.63, 3.8) is 0 Å². The molecule has 1 saturated carbocycles. The maximum Gasteiger partial charge on any atom is 0.132 e. The molecular formula is C17H19FN2S. The highest BCUT2D eigenvalue weighted by atomic mass is 32.1. The van der Waals surface area contributed by atoms with E-state index < -0.39 is 0 Å². The average molecular weight is 302 g/mol. The predicted octanol–water partition coefficient (Wildman–Crippen LogP) is 3.36. The van der Waals surface area contributed by atoms with E-state index in [0.29, 0.717) is 19.1 Å². The fraction of sp³-hybridized carbons (Fsp3) is 0.412. The van der Waals surface area contributed by atoms with Crippen LogP contribution in [0, 0.1) is 18.2 Å². The third-order valence-corrected chi connectivity index (χ3v) is 4.96. The number of fused-ring (bicyclic) bond motifs is 1. The van der Waals surface area contributed by atoms with Crippen molar-refractivity contribution in [2.45, 2.75) is 32.0 Å². The largest absolute Gasteiger partial charge is 0.309 e. The Morgan fingerprint density at radius 3 is 3.00 bits per heavy atom. The minimum Gasteiger partial charge on any atom is -0.309 e. The van der Waals surface area contributed by atoms with Crippen LogP contribution in [0.3, 0.4) is 0 Å². The van der Waals surface area contributed by atoms with Crippen LogP contribution in [-0.4, -0.2) is 24.5 Å². The van der Waals surface area contributed by atoms with Gasteiger partial charge in [-0.25, -0.2) is 4.39 Å². The summed E-state index contributed by atoms with van der Waals surface area (Å²) in [5.41, 5.74) is 1.08. The number of benzene rings is 1. The molecule has 1 aliphatic rings. The quantitative estimate of drug-likeness (QED) is 0.823. The summed E-state index contributed by atoms with van der Waals surface area (Å²) in [4.78, 5) is 3.28. The van der Waals surface area contributed by atoms with E-state index in [0.717, 1.165) is 22.2 Å². The van der Waals surface area contributed by atoms with Gasteiger partial charge in [0.2, 0.25) is 0 Å². The van der Waals surface area contributed by atoms with Gasteiger partial charge >= 0.3 is 0 Å². The lowest BCUT2D eigenvalue weighted by Gasteiger charge is -2.15. The van der Waals surface area contributed by atoms with Crippen molar-refractivity contribution in [2.24, 2.45) is 0 Å². The molecule has 21 heavy (non-hydrogen) atoms. The molecule has 1 N–H and O–H groups in total. The molecular weight excluding hydrogens is 283 g/mol. The molecule has 0 amide bonds. The number of rotatable bonds is 6. The van der Waals surface area contributed by atoms with Crippen molar-refractivity contribution in [3.05, 3.63) is 34.5 Å². The van der Waals surface area contributed by atoms with Crippen LogP contribution in [0.2, 0.25) is 0 Å². The summed E-state index contributed by atoms with van der Waals surface area (Å²) < 4.78 is 15.3. The Labute approximate surface area is 129 Å². The Morgan fingerprint density at radius 1 is 1.48 bits per heavy atom. The highest BCUT2D eigenvalue weighted by Crippen LogP contribution is 2.34. The predicted molar refractivity (Wildman–Crippen MR) is 86.8 cm³/mol. The van der Waals surface area contributed by atoms with E-state index in [-0.39, 0.29) is 5.82 Å². The van der Waals surface area contributed by atoms with Crippen LogP contribution in [0.5, 0.6) is 0 Å². The van der Waals surface area contributed by atoms with E-state index >= 15 is 0 Å². The van der Waals surface area contributed by atoms with Crippen molar-refractivity contribution in [1.29, 1.82) is 0 Å². The molecule has 0 saturated heterocycles. The Hall–Kier alpha value is -1.41. The molecule has 1 heterocycles. The van der Waals surface area contributed by atoms with Crippen molar-refractivity contribution < 1.29 is 4.39 Å². The first-order chi connectivity index (χ1) is 10.2. The molecule has 0 spiro atoms. The Balaban J connectivity index is 1.94. The lowest BCUT2D eigenvalue weighted by molar-refractivity contribution is 0.369. The molecule has 0 unspecified atom stereocenters. The van der Waals surface area contributed by atoms with E-state index in [4.69, 9.17) is 6.42 Å². The molecule has 4 heteroatoms. The van der Waals surface area contributed by atoms with E-state index in [2.05, 4.69) is 16.1 Å². The molecule has 3 rings (SSSR count). The van der Waals surface area contributed by atoms with Crippen LogP contribution in [0.25, 0.3) is 10.1 Å². The summed E-state index contributed by atoms with van der Waals surface area (Å²) in [6, 6.07) is 5.96. The fourth-order valence-electron chi connectivity index (χ4n) is 2.53. The van der Waals surface area contributed by atoms with Crippen molar-refractivity contribution in [1.82, 2.24) is 10.2 Å². The second-order valence-electron chi connectivity index (χ2n) is 5.65. The maximum atomic E-state index is 14.2. The number of thiophene rings is 1. The van der Waals surface area contributed by atoms with Gasteiger partial charge in [0, 0.05) is 34.1 Å². The normalized spacial score (nSPS) is 14.8. The van der Waals surface area contributed by atoms with Crippen molar-refractivity contribution in [3.8, 4) is 12.3 Å². The van der Waals surface area contributed by atoms with Gasteiger partial charge in [-0.3, -0.25) is 4.90 Å². The summed E-state index contributed by atoms with van der Waals surface area (Å²) in [6.07, 6.45) is 7.88. The Morgan fingerprint density at radius 2 is 2.29 bits per heavy atom. The molecule has 1 aromatic carbocycles. The highest BCUT2D eigenvalue weighted by Gasteiger charge is 2.22. The van der Waals surface area contributed by atoms with Gasteiger partial charge in [0.15, 0.2) is 0 Å². The van der Waals surface area contributed by atoms with Gasteiger partial charge in [0.25, 0.3) is 0 Å². The van der Waals surface area contributed by atoms with E-state index in [1.807, 2.05) is 13.1 Å². The van der Waals surface area contributed by atoms with Crippen LogP contribution >= 0.6 is 11.3 Å². The Bertz CT molecular complexity index is 682. The first-order valence-electron chi connectivity index (χ1n) is 7.23. The number of nitrogens with one attached hydrogen (secondary N) is 1. The van der Waals surface area contributed by atoms with E-state index in [9.17, 15) is 4.39 Å². The third-order valence-electron chi connectivity index (χ3n) is 3.76. The number of terminal acetylenes is 1. The zero-order chi connectivity index (χ0) is 14.8. The van der Waals surface area contributed by atoms with Crippen molar-refractivity contribution in [2.75, 3.05) is 13.6 Å². The molecule has 0 aliphatic heterocycles. The fourth-order valence-corrected chi connectivity index (χ4v) is 3.71. The monoisotopic (exact) mass is 302 g/mol. The second-order valence-corrected chi connectivity index (χ2v) is 6.79. The lowest BCUT2D eigenvalue weighted by atomic mass is 10.1. The minimum absolute atomic E-state index is 0.134. The number of hydrogen-bond donors (Lipinski definition) is 1. The molecule has 0 radical (unpaired) electrons. The average Bonchev–Trinajstić information content (AvgIpc) is 3.21. The van der Waals surface area contributed by atoms with Gasteiger partial charge < -0.3 is 5.32 Å². The molecule has 2 aromatic rings. The number of hydrogen-bond acceptors (Lipinski definition) is 3. The molecule has 0 atom stereocenters. The van der Waals surface area contributed by atoms with E-state index in [1.54, 1.807) is 17.4 Å². The smallest absolute Gasteiger partial charge is 0.132 e. The third kappa shape index (κ3) is 3.26. The summed E-state index contributed by atoms with van der Waals surface area (Å²) in [7, 11) is 1.97. The first kappa shape index (κ1) is 14.5. The van der Waals surface area contributed by atoms with Crippen LogP contribution < -0.4 is 5.32 Å². The summed E-state index contributed by atoms with van der Waals surface area (Å²) in [5.74, 6) is 2.51. The zero-order valence-corrected chi connectivity index (χ0v) is 13.0. The van der Waals surface area contributed by atoms with Gasteiger partial charge in [-0.1, -0.05) is 12.0 Å². The van der Waals surface area contributed by atoms with Crippen molar-refractivity contribution >= 4 is 21.4 Å². The van der Waals surface area contributed by atoms with Gasteiger partial charge in [0.05, 0.1) is 6.54 Å². The molecule has 1 fully saturated rings. The van der Waals surface area contributed by atoms with Crippen LogP contribution in [-0.2, 0) is 13.1 Å². The number of halogens is 1. The second kappa shape index (κ2) is 6.15. The van der Waals surface area contributed by atoms with Crippen LogP contribution in [0.4, 0.5) is 4.39 Å². The zero-order valence-electron chi connectivity index (χ0n) is 12.2. The molecule has 110 valence electrons. The molecule has 0 bridgehead atoms. The maximum absolute atomic E-state index is 14.2. The van der Waals surface area contributed by atoms with Crippen LogP contribution in [0.1, 0.15) is 23.3 Å². The van der Waals surface area contributed by atoms with Gasteiger partial charge in [-0.15, -0.1) is 17.8 Å². The summed E-state index contributed by atoms with van der Waals surface area (Å²) in [5, 5.41) is 4.29. The Kier molecular flexibility index (Phi) is 4.25. The molecule has 1 aliphatic carbocycles. The summed E-state index contributed by atoms with van der Waals surface area (Å²) >= 11 is 1.69. The van der Waals surface area contributed by atoms with Gasteiger partial charge in [-0.2, -0.15) is 0 Å². The minimum atomic E-state index is -0.134. The standard InChI is InChI=1S/C17H19FN2S/c1-3-9-20(2)11-13-16(10-19-12-7-8-12)21-15-6-4-5-14(18)17(13)15/h1,4-6,12,19H,7-11H2,2H3. The highest BCUT2D eigenvalue weighted by molar-refractivity contribution is 7.19. The lowest BCUT2D eigenvalue weighted by Crippen LogP contribution is -2.20. The van der Waals surface area contributed by atoms with E-state index in [1.165, 1.54) is 23.8 Å². The molecule has 2 nitrogen and oxygen atoms in total. The first-order valence-corrected chi connectivity index (χ1v) is 8.05.